The Labute approximate surface area is 161 Å². The third-order valence-electron chi connectivity index (χ3n) is 5.66. The zero-order valence-corrected chi connectivity index (χ0v) is 16.2. The number of imidazole rings is 1. The minimum atomic E-state index is -0.635. The van der Waals surface area contributed by atoms with Crippen molar-refractivity contribution < 1.29 is 4.79 Å². The first-order valence-corrected chi connectivity index (χ1v) is 9.41. The predicted octanol–water partition coefficient (Wildman–Crippen LogP) is 1.19. The molecule has 0 spiro atoms. The van der Waals surface area contributed by atoms with Crippen molar-refractivity contribution in [3.8, 4) is 0 Å². The zero-order valence-electron chi connectivity index (χ0n) is 16.2. The third kappa shape index (κ3) is 2.76. The number of aromatic nitrogens is 4. The summed E-state index contributed by atoms with van der Waals surface area (Å²) in [5.41, 5.74) is 2.04. The van der Waals surface area contributed by atoms with Crippen LogP contribution >= 0.6 is 0 Å². The van der Waals surface area contributed by atoms with Crippen molar-refractivity contribution in [1.29, 1.82) is 0 Å². The van der Waals surface area contributed by atoms with Gasteiger partial charge in [0.15, 0.2) is 11.2 Å². The van der Waals surface area contributed by atoms with Gasteiger partial charge < -0.3 is 9.88 Å². The molecular weight excluding hydrogens is 358 g/mol. The Bertz CT molecular complexity index is 1190. The molecular formula is C20H23N5O3. The smallest absolute Gasteiger partial charge is 0.332 e. The number of amides is 1. The summed E-state index contributed by atoms with van der Waals surface area (Å²) in [5.74, 6) is -0.183. The van der Waals surface area contributed by atoms with E-state index in [9.17, 15) is 14.4 Å². The molecule has 1 N–H and O–H groups in total. The van der Waals surface area contributed by atoms with E-state index in [0.29, 0.717) is 0 Å². The Morgan fingerprint density at radius 1 is 1.21 bits per heavy atom. The standard InChI is InChI=1S/C20H23N5O3/c1-12(18(26)22-15-10-6-8-13-7-4-5-9-14(13)15)25-11-21-17-16(25)19(27)24(3)20(28)23(17)2/h4-5,7,9,11-12,15H,6,8,10H2,1-3H3,(H,22,26)/t12-,15+/m0/s1. The molecule has 1 amide bonds. The van der Waals surface area contributed by atoms with Gasteiger partial charge in [-0.05, 0) is 37.3 Å². The van der Waals surface area contributed by atoms with Gasteiger partial charge in [-0.3, -0.25) is 18.7 Å². The Morgan fingerprint density at radius 2 is 1.96 bits per heavy atom. The SMILES string of the molecule is C[C@@H](C(=O)N[C@@H]1CCCc2ccccc21)n1cnc2c1c(=O)n(C)c(=O)n2C. The van der Waals surface area contributed by atoms with E-state index in [4.69, 9.17) is 0 Å². The molecule has 1 aromatic carbocycles. The maximum absolute atomic E-state index is 13.0. The molecule has 0 saturated carbocycles. The van der Waals surface area contributed by atoms with Crippen LogP contribution in [0.3, 0.4) is 0 Å². The molecule has 1 aliphatic rings. The Hall–Kier alpha value is -3.16. The molecule has 8 nitrogen and oxygen atoms in total. The number of aryl methyl sites for hydroxylation is 2. The number of hydrogen-bond acceptors (Lipinski definition) is 4. The molecule has 1 aliphatic carbocycles. The predicted molar refractivity (Wildman–Crippen MR) is 105 cm³/mol. The summed E-state index contributed by atoms with van der Waals surface area (Å²) in [6, 6.07) is 7.49. The van der Waals surface area contributed by atoms with Crippen LogP contribution < -0.4 is 16.6 Å². The summed E-state index contributed by atoms with van der Waals surface area (Å²) in [7, 11) is 2.98. The summed E-state index contributed by atoms with van der Waals surface area (Å²) in [6.45, 7) is 1.73. The normalized spacial score (nSPS) is 17.3. The number of rotatable bonds is 3. The van der Waals surface area contributed by atoms with E-state index in [1.807, 2.05) is 12.1 Å². The summed E-state index contributed by atoms with van der Waals surface area (Å²) in [6.07, 6.45) is 4.38. The monoisotopic (exact) mass is 381 g/mol. The van der Waals surface area contributed by atoms with E-state index in [-0.39, 0.29) is 23.1 Å². The molecule has 28 heavy (non-hydrogen) atoms. The van der Waals surface area contributed by atoms with Gasteiger partial charge in [0.05, 0.1) is 12.4 Å². The Kier molecular flexibility index (Phi) is 4.41. The van der Waals surface area contributed by atoms with Gasteiger partial charge in [-0.25, -0.2) is 9.78 Å². The van der Waals surface area contributed by atoms with Crippen molar-refractivity contribution >= 4 is 17.1 Å². The molecule has 0 unspecified atom stereocenters. The fraction of sp³-hybridized carbons (Fsp3) is 0.400. The van der Waals surface area contributed by atoms with E-state index in [0.717, 1.165) is 29.4 Å². The number of hydrogen-bond donors (Lipinski definition) is 1. The molecule has 146 valence electrons. The lowest BCUT2D eigenvalue weighted by Crippen LogP contribution is -2.39. The second-order valence-electron chi connectivity index (χ2n) is 7.36. The topological polar surface area (TPSA) is 90.9 Å². The van der Waals surface area contributed by atoms with Gasteiger partial charge in [0, 0.05) is 14.1 Å². The fourth-order valence-electron chi connectivity index (χ4n) is 3.98. The highest BCUT2D eigenvalue weighted by Crippen LogP contribution is 2.30. The first kappa shape index (κ1) is 18.2. The van der Waals surface area contributed by atoms with E-state index < -0.39 is 17.3 Å². The Morgan fingerprint density at radius 3 is 2.75 bits per heavy atom. The first-order valence-electron chi connectivity index (χ1n) is 9.41. The van der Waals surface area contributed by atoms with E-state index in [1.54, 1.807) is 18.5 Å². The van der Waals surface area contributed by atoms with Crippen LogP contribution in [0, 0.1) is 0 Å². The number of fused-ring (bicyclic) bond motifs is 2. The molecule has 0 radical (unpaired) electrons. The molecule has 4 rings (SSSR count). The maximum Gasteiger partial charge on any atom is 0.332 e. The van der Waals surface area contributed by atoms with Gasteiger partial charge in [-0.15, -0.1) is 0 Å². The second kappa shape index (κ2) is 6.78. The van der Waals surface area contributed by atoms with Crippen molar-refractivity contribution in [2.45, 2.75) is 38.3 Å². The third-order valence-corrected chi connectivity index (χ3v) is 5.66. The van der Waals surface area contributed by atoms with Gasteiger partial charge in [-0.1, -0.05) is 24.3 Å². The highest BCUT2D eigenvalue weighted by molar-refractivity contribution is 5.83. The van der Waals surface area contributed by atoms with Crippen molar-refractivity contribution in [3.05, 3.63) is 62.6 Å². The van der Waals surface area contributed by atoms with Gasteiger partial charge >= 0.3 is 5.69 Å². The molecule has 0 fully saturated rings. The second-order valence-corrected chi connectivity index (χ2v) is 7.36. The molecule has 2 heterocycles. The number of carbonyl (C=O) groups is 1. The number of benzene rings is 1. The number of nitrogens with one attached hydrogen (secondary N) is 1. The van der Waals surface area contributed by atoms with Crippen LogP contribution in [0.15, 0.2) is 40.2 Å². The summed E-state index contributed by atoms with van der Waals surface area (Å²) in [4.78, 5) is 41.9. The average molecular weight is 381 g/mol. The van der Waals surface area contributed by atoms with Gasteiger partial charge in [-0.2, -0.15) is 0 Å². The highest BCUT2D eigenvalue weighted by Gasteiger charge is 2.26. The van der Waals surface area contributed by atoms with Crippen LogP contribution in [0.1, 0.15) is 43.0 Å². The summed E-state index contributed by atoms with van der Waals surface area (Å²) in [5, 5.41) is 3.12. The molecule has 0 bridgehead atoms. The quantitative estimate of drug-likeness (QED) is 0.738. The molecule has 2 aromatic heterocycles. The highest BCUT2D eigenvalue weighted by atomic mass is 16.2. The van der Waals surface area contributed by atoms with Gasteiger partial charge in [0.2, 0.25) is 5.91 Å². The summed E-state index contributed by atoms with van der Waals surface area (Å²) < 4.78 is 3.89. The van der Waals surface area contributed by atoms with Crippen LogP contribution in [-0.4, -0.2) is 24.6 Å². The maximum atomic E-state index is 13.0. The minimum Gasteiger partial charge on any atom is -0.347 e. The lowest BCUT2D eigenvalue weighted by molar-refractivity contribution is -0.124. The summed E-state index contributed by atoms with van der Waals surface area (Å²) >= 11 is 0. The van der Waals surface area contributed by atoms with Crippen molar-refractivity contribution in [2.24, 2.45) is 14.1 Å². The fourth-order valence-corrected chi connectivity index (χ4v) is 3.98. The zero-order chi connectivity index (χ0) is 20.0. The lowest BCUT2D eigenvalue weighted by Gasteiger charge is -2.27. The van der Waals surface area contributed by atoms with E-state index in [1.165, 1.54) is 23.5 Å². The molecule has 8 heteroatoms. The van der Waals surface area contributed by atoms with Crippen molar-refractivity contribution in [1.82, 2.24) is 24.0 Å². The molecule has 2 atom stereocenters. The van der Waals surface area contributed by atoms with E-state index >= 15 is 0 Å². The number of carbonyl (C=O) groups excluding carboxylic acids is 1. The largest absolute Gasteiger partial charge is 0.347 e. The van der Waals surface area contributed by atoms with Crippen LogP contribution in [0.5, 0.6) is 0 Å². The average Bonchev–Trinajstić information content (AvgIpc) is 3.15. The van der Waals surface area contributed by atoms with Crippen LogP contribution in [0.25, 0.3) is 11.2 Å². The van der Waals surface area contributed by atoms with Crippen molar-refractivity contribution in [3.63, 3.8) is 0 Å². The lowest BCUT2D eigenvalue weighted by atomic mass is 9.87. The van der Waals surface area contributed by atoms with Crippen LogP contribution in [0.2, 0.25) is 0 Å². The molecule has 0 aliphatic heterocycles. The molecule has 0 saturated heterocycles. The van der Waals surface area contributed by atoms with Gasteiger partial charge in [0.25, 0.3) is 5.56 Å². The minimum absolute atomic E-state index is 0.0399. The van der Waals surface area contributed by atoms with Gasteiger partial charge in [0.1, 0.15) is 6.04 Å². The van der Waals surface area contributed by atoms with Crippen LogP contribution in [-0.2, 0) is 25.3 Å². The van der Waals surface area contributed by atoms with E-state index in [2.05, 4.69) is 22.4 Å². The van der Waals surface area contributed by atoms with Crippen molar-refractivity contribution in [2.75, 3.05) is 0 Å². The number of nitrogens with zero attached hydrogens (tertiary/aromatic N) is 4. The molecule has 3 aromatic rings. The van der Waals surface area contributed by atoms with Crippen LogP contribution in [0.4, 0.5) is 0 Å². The first-order chi connectivity index (χ1) is 13.4. The Balaban J connectivity index is 1.68.